The predicted octanol–water partition coefficient (Wildman–Crippen LogP) is 6.64. The van der Waals surface area contributed by atoms with Crippen molar-refractivity contribution in [3.8, 4) is 16.8 Å². The Hall–Kier alpha value is -3.47. The fourth-order valence-electron chi connectivity index (χ4n) is 5.52. The normalized spacial score (nSPS) is 14.1. The van der Waals surface area contributed by atoms with Gasteiger partial charge in [0.1, 0.15) is 18.0 Å². The third-order valence-electron chi connectivity index (χ3n) is 7.51. The molecule has 2 aromatic heterocycles. The van der Waals surface area contributed by atoms with Crippen LogP contribution in [-0.2, 0) is 14.3 Å². The van der Waals surface area contributed by atoms with Crippen LogP contribution < -0.4 is 4.90 Å². The van der Waals surface area contributed by atoms with Crippen LogP contribution in [0, 0.1) is 26.7 Å². The van der Waals surface area contributed by atoms with E-state index in [9.17, 15) is 4.79 Å². The van der Waals surface area contributed by atoms with Crippen LogP contribution in [0.4, 0.5) is 11.4 Å². The van der Waals surface area contributed by atoms with Gasteiger partial charge >= 0.3 is 5.97 Å². The zero-order chi connectivity index (χ0) is 30.7. The van der Waals surface area contributed by atoms with E-state index in [0.717, 1.165) is 70.3 Å². The molecule has 2 aromatic carbocycles. The van der Waals surface area contributed by atoms with Crippen molar-refractivity contribution in [2.75, 3.05) is 44.3 Å². The van der Waals surface area contributed by atoms with Crippen LogP contribution >= 0.6 is 15.9 Å². The maximum absolute atomic E-state index is 11.9. The second kappa shape index (κ2) is 13.0. The first-order valence-corrected chi connectivity index (χ1v) is 15.4. The molecule has 0 atom stereocenters. The number of anilines is 2. The van der Waals surface area contributed by atoms with E-state index in [4.69, 9.17) is 14.0 Å². The molecule has 5 rings (SSSR count). The number of nitrogens with zero attached hydrogens (tertiary/aromatic N) is 5. The lowest BCUT2D eigenvalue weighted by Crippen LogP contribution is -2.51. The number of carbonyl (C=O) groups excluding carboxylic acids is 1. The number of hydrogen-bond donors (Lipinski definition) is 0. The van der Waals surface area contributed by atoms with Crippen molar-refractivity contribution in [3.05, 3.63) is 76.6 Å². The number of carbonyl (C=O) groups is 1. The topological polar surface area (TPSA) is 85.9 Å². The van der Waals surface area contributed by atoms with Gasteiger partial charge in [0.05, 0.1) is 24.3 Å². The number of imidazole rings is 1. The lowest BCUT2D eigenvalue weighted by atomic mass is 9.97. The molecule has 0 amide bonds. The van der Waals surface area contributed by atoms with Crippen molar-refractivity contribution < 1.29 is 18.8 Å². The van der Waals surface area contributed by atoms with E-state index in [1.807, 2.05) is 45.4 Å². The number of hydrogen-bond acceptors (Lipinski definition) is 8. The molecule has 0 saturated carbocycles. The Morgan fingerprint density at radius 2 is 1.93 bits per heavy atom. The van der Waals surface area contributed by atoms with E-state index in [-0.39, 0.29) is 12.6 Å². The van der Waals surface area contributed by atoms with Gasteiger partial charge in [-0.1, -0.05) is 17.3 Å². The van der Waals surface area contributed by atoms with Crippen molar-refractivity contribution in [2.45, 2.75) is 47.1 Å². The van der Waals surface area contributed by atoms with Gasteiger partial charge in [-0.3, -0.25) is 0 Å². The minimum atomic E-state index is -0.503. The standard InChI is InChI=1S/C33H40BrN5O4/c1-22-7-8-26(32-23(2)36-43-24(32)3)15-30(22)39(27-9-10-29(28(34)16-27)38-12-11-35-21-38)19-25-17-37(18-25)13-14-41-20-31(40)42-33(4,5)6/h7-12,15-16,21,25H,13-14,17-20H2,1-6H3. The zero-order valence-electron chi connectivity index (χ0n) is 25.8. The summed E-state index contributed by atoms with van der Waals surface area (Å²) in [6.07, 6.45) is 5.52. The number of aryl methyl sites for hydroxylation is 3. The van der Waals surface area contributed by atoms with Crippen LogP contribution in [0.1, 0.15) is 37.8 Å². The number of rotatable bonds is 11. The van der Waals surface area contributed by atoms with Crippen LogP contribution in [0.2, 0.25) is 0 Å². The predicted molar refractivity (Wildman–Crippen MR) is 171 cm³/mol. The molecular weight excluding hydrogens is 610 g/mol. The van der Waals surface area contributed by atoms with Crippen LogP contribution in [0.5, 0.6) is 0 Å². The highest BCUT2D eigenvalue weighted by Gasteiger charge is 2.30. The van der Waals surface area contributed by atoms with Gasteiger partial charge in [-0.15, -0.1) is 0 Å². The Kier molecular flexibility index (Phi) is 9.39. The fraction of sp³-hybridized carbons (Fsp3) is 0.424. The molecule has 0 spiro atoms. The number of esters is 1. The molecule has 10 heteroatoms. The Labute approximate surface area is 261 Å². The van der Waals surface area contributed by atoms with Crippen molar-refractivity contribution >= 4 is 33.3 Å². The summed E-state index contributed by atoms with van der Waals surface area (Å²) in [4.78, 5) is 20.9. The summed E-state index contributed by atoms with van der Waals surface area (Å²) < 4.78 is 19.4. The summed E-state index contributed by atoms with van der Waals surface area (Å²) in [6, 6.07) is 13.0. The molecule has 1 aliphatic heterocycles. The lowest BCUT2D eigenvalue weighted by Gasteiger charge is -2.42. The van der Waals surface area contributed by atoms with Crippen molar-refractivity contribution in [1.29, 1.82) is 0 Å². The summed E-state index contributed by atoms with van der Waals surface area (Å²) in [6.45, 7) is 15.7. The summed E-state index contributed by atoms with van der Waals surface area (Å²) >= 11 is 3.81. The second-order valence-electron chi connectivity index (χ2n) is 12.2. The van der Waals surface area contributed by atoms with E-state index in [2.05, 4.69) is 79.2 Å². The molecule has 1 saturated heterocycles. The molecule has 43 heavy (non-hydrogen) atoms. The van der Waals surface area contributed by atoms with E-state index in [1.54, 1.807) is 12.5 Å². The molecule has 0 bridgehead atoms. The molecule has 3 heterocycles. The largest absolute Gasteiger partial charge is 0.458 e. The second-order valence-corrected chi connectivity index (χ2v) is 13.0. The summed E-state index contributed by atoms with van der Waals surface area (Å²) in [5.41, 5.74) is 6.99. The lowest BCUT2D eigenvalue weighted by molar-refractivity contribution is -0.160. The number of aromatic nitrogens is 3. The fourth-order valence-corrected chi connectivity index (χ4v) is 6.09. The van der Waals surface area contributed by atoms with E-state index in [1.165, 1.54) is 5.56 Å². The summed E-state index contributed by atoms with van der Waals surface area (Å²) in [5.74, 6) is 0.957. The van der Waals surface area contributed by atoms with Gasteiger partial charge in [0, 0.05) is 65.9 Å². The van der Waals surface area contributed by atoms with Crippen LogP contribution in [0.15, 0.2) is 64.1 Å². The summed E-state index contributed by atoms with van der Waals surface area (Å²) in [5, 5.41) is 4.18. The maximum atomic E-state index is 11.9. The molecule has 1 aliphatic rings. The molecule has 0 aliphatic carbocycles. The molecule has 0 N–H and O–H groups in total. The highest BCUT2D eigenvalue weighted by atomic mass is 79.9. The SMILES string of the molecule is Cc1ccc(-c2c(C)noc2C)cc1N(CC1CN(CCOCC(=O)OC(C)(C)C)C1)c1ccc(-n2ccnc2)c(Br)c1. The van der Waals surface area contributed by atoms with Gasteiger partial charge in [-0.2, -0.15) is 0 Å². The number of halogens is 1. The van der Waals surface area contributed by atoms with Crippen molar-refractivity contribution in [2.24, 2.45) is 5.92 Å². The average Bonchev–Trinajstić information content (AvgIpc) is 3.56. The van der Waals surface area contributed by atoms with Gasteiger partial charge in [-0.25, -0.2) is 9.78 Å². The Morgan fingerprint density at radius 1 is 1.14 bits per heavy atom. The monoisotopic (exact) mass is 649 g/mol. The Bertz CT molecular complexity index is 1530. The highest BCUT2D eigenvalue weighted by Crippen LogP contribution is 2.38. The first-order valence-electron chi connectivity index (χ1n) is 14.6. The molecule has 228 valence electrons. The van der Waals surface area contributed by atoms with Crippen LogP contribution in [-0.4, -0.2) is 70.6 Å². The maximum Gasteiger partial charge on any atom is 0.332 e. The minimum Gasteiger partial charge on any atom is -0.458 e. The smallest absolute Gasteiger partial charge is 0.332 e. The Morgan fingerprint density at radius 3 is 2.58 bits per heavy atom. The number of benzene rings is 2. The molecule has 0 radical (unpaired) electrons. The van der Waals surface area contributed by atoms with Crippen molar-refractivity contribution in [3.63, 3.8) is 0 Å². The van der Waals surface area contributed by atoms with Gasteiger partial charge in [-0.05, 0) is 92.9 Å². The third-order valence-corrected chi connectivity index (χ3v) is 8.15. The first kappa shape index (κ1) is 31.0. The molecule has 4 aromatic rings. The summed E-state index contributed by atoms with van der Waals surface area (Å²) in [7, 11) is 0. The van der Waals surface area contributed by atoms with Crippen LogP contribution in [0.25, 0.3) is 16.8 Å². The quantitative estimate of drug-likeness (QED) is 0.132. The molecule has 1 fully saturated rings. The number of likely N-dealkylation sites (tertiary alicyclic amines) is 1. The molecule has 9 nitrogen and oxygen atoms in total. The molecular formula is C33H40BrN5O4. The Balaban J connectivity index is 1.32. The first-order chi connectivity index (χ1) is 20.5. The number of ether oxygens (including phenoxy) is 2. The molecule has 0 unspecified atom stereocenters. The van der Waals surface area contributed by atoms with E-state index >= 15 is 0 Å². The third kappa shape index (κ3) is 7.55. The highest BCUT2D eigenvalue weighted by molar-refractivity contribution is 9.10. The van der Waals surface area contributed by atoms with Gasteiger partial charge in [0.2, 0.25) is 0 Å². The van der Waals surface area contributed by atoms with Crippen LogP contribution in [0.3, 0.4) is 0 Å². The van der Waals surface area contributed by atoms with E-state index < -0.39 is 5.60 Å². The van der Waals surface area contributed by atoms with Crippen molar-refractivity contribution in [1.82, 2.24) is 19.6 Å². The van der Waals surface area contributed by atoms with Gasteiger partial charge in [0.15, 0.2) is 0 Å². The average molecular weight is 651 g/mol. The van der Waals surface area contributed by atoms with Gasteiger partial charge in [0.25, 0.3) is 0 Å². The minimum absolute atomic E-state index is 0.0208. The van der Waals surface area contributed by atoms with E-state index in [0.29, 0.717) is 12.5 Å². The van der Waals surface area contributed by atoms with Gasteiger partial charge < -0.3 is 28.4 Å². The zero-order valence-corrected chi connectivity index (χ0v) is 27.3.